The molecule has 0 radical (unpaired) electrons. The van der Waals surface area contributed by atoms with Gasteiger partial charge in [-0.2, -0.15) is 0 Å². The van der Waals surface area contributed by atoms with Crippen LogP contribution in [-0.4, -0.2) is 34.1 Å². The van der Waals surface area contributed by atoms with E-state index in [9.17, 15) is 4.79 Å². The number of anilines is 2. The van der Waals surface area contributed by atoms with Gasteiger partial charge in [-0.05, 0) is 68.5 Å². The Bertz CT molecular complexity index is 1060. The average Bonchev–Trinajstić information content (AvgIpc) is 3.25. The van der Waals surface area contributed by atoms with Crippen LogP contribution in [0, 0.1) is 13.8 Å². The lowest BCUT2D eigenvalue weighted by Crippen LogP contribution is -2.39. The van der Waals surface area contributed by atoms with Gasteiger partial charge in [-0.25, -0.2) is 19.8 Å². The van der Waals surface area contributed by atoms with Gasteiger partial charge in [-0.1, -0.05) is 0 Å². The quantitative estimate of drug-likeness (QED) is 0.239. The van der Waals surface area contributed by atoms with Gasteiger partial charge in [0.05, 0.1) is 18.9 Å². The number of furan rings is 1. The maximum atomic E-state index is 11.6. The summed E-state index contributed by atoms with van der Waals surface area (Å²) in [6, 6.07) is 12.2. The largest absolute Gasteiger partial charge is 0.467 e. The Labute approximate surface area is 185 Å². The van der Waals surface area contributed by atoms with E-state index in [-0.39, 0.29) is 0 Å². The molecule has 0 amide bonds. The predicted octanol–water partition coefficient (Wildman–Crippen LogP) is 3.43. The molecule has 0 aliphatic carbocycles. The number of benzene rings is 1. The highest BCUT2D eigenvalue weighted by atomic mass is 32.1. The second-order valence-electron chi connectivity index (χ2n) is 6.49. The molecule has 10 heteroatoms. The Balaban J connectivity index is 1.71. The molecule has 3 aromatic rings. The predicted molar refractivity (Wildman–Crippen MR) is 122 cm³/mol. The summed E-state index contributed by atoms with van der Waals surface area (Å²) in [5.74, 6) is 1.04. The van der Waals surface area contributed by atoms with Crippen molar-refractivity contribution < 1.29 is 13.9 Å². The number of aromatic nitrogens is 2. The molecule has 2 heterocycles. The minimum atomic E-state index is -0.405. The molecular formula is C21H22N6O3S. The number of methoxy groups -OCH3 is 1. The highest BCUT2D eigenvalue weighted by molar-refractivity contribution is 7.80. The first kappa shape index (κ1) is 21.9. The van der Waals surface area contributed by atoms with Crippen molar-refractivity contribution in [3.05, 3.63) is 71.4 Å². The Kier molecular flexibility index (Phi) is 7.28. The molecule has 0 spiro atoms. The van der Waals surface area contributed by atoms with Gasteiger partial charge < -0.3 is 19.8 Å². The van der Waals surface area contributed by atoms with Crippen molar-refractivity contribution in [3.63, 3.8) is 0 Å². The number of aliphatic imine (C=N–C) groups is 1. The fraction of sp³-hybridized carbons (Fsp3) is 0.190. The lowest BCUT2D eigenvalue weighted by Gasteiger charge is -2.14. The number of esters is 1. The first-order valence-corrected chi connectivity index (χ1v) is 9.76. The first-order chi connectivity index (χ1) is 14.9. The summed E-state index contributed by atoms with van der Waals surface area (Å²) in [7, 11) is 1.34. The Hall–Kier alpha value is -3.79. The average molecular weight is 439 g/mol. The van der Waals surface area contributed by atoms with Gasteiger partial charge in [0, 0.05) is 17.1 Å². The maximum Gasteiger partial charge on any atom is 0.337 e. The van der Waals surface area contributed by atoms with Gasteiger partial charge in [0.25, 0.3) is 0 Å². The second-order valence-corrected chi connectivity index (χ2v) is 6.90. The maximum absolute atomic E-state index is 11.6. The Morgan fingerprint density at radius 3 is 2.45 bits per heavy atom. The molecule has 0 unspecified atom stereocenters. The minimum absolute atomic E-state index is 0.292. The number of hydrogen-bond acceptors (Lipinski definition) is 7. The lowest BCUT2D eigenvalue weighted by molar-refractivity contribution is 0.0601. The van der Waals surface area contributed by atoms with Crippen molar-refractivity contribution in [2.24, 2.45) is 4.99 Å². The normalized spacial score (nSPS) is 11.0. The Morgan fingerprint density at radius 1 is 1.13 bits per heavy atom. The summed E-state index contributed by atoms with van der Waals surface area (Å²) < 4.78 is 10.0. The number of ether oxygens (including phenoxy) is 1. The van der Waals surface area contributed by atoms with E-state index in [1.165, 1.54) is 7.11 Å². The molecular weight excluding hydrogens is 416 g/mol. The molecule has 0 saturated heterocycles. The number of carbonyl (C=O) groups is 1. The zero-order chi connectivity index (χ0) is 22.2. The van der Waals surface area contributed by atoms with Crippen molar-refractivity contribution in [2.45, 2.75) is 20.4 Å². The highest BCUT2D eigenvalue weighted by Crippen LogP contribution is 2.11. The van der Waals surface area contributed by atoms with E-state index < -0.39 is 5.97 Å². The molecule has 31 heavy (non-hydrogen) atoms. The molecule has 1 aromatic carbocycles. The zero-order valence-electron chi connectivity index (χ0n) is 17.3. The summed E-state index contributed by atoms with van der Waals surface area (Å²) in [5.41, 5.74) is 2.79. The first-order valence-electron chi connectivity index (χ1n) is 9.35. The van der Waals surface area contributed by atoms with E-state index in [4.69, 9.17) is 21.4 Å². The standard InChI is InChI=1S/C21H22N6O3S/c1-13-11-14(2)24-20(23-13)26-19(22-12-17-5-4-10-30-17)27-21(31)25-16-8-6-15(7-9-16)18(28)29-3/h4-11H,12H2,1-3H3,(H3,22,23,24,25,26,27,31). The number of thiocarbonyl (C=S) groups is 1. The second kappa shape index (κ2) is 10.3. The molecule has 3 rings (SSSR count). The van der Waals surface area contributed by atoms with Gasteiger partial charge in [0.15, 0.2) is 5.11 Å². The van der Waals surface area contributed by atoms with Crippen molar-refractivity contribution >= 4 is 40.9 Å². The smallest absolute Gasteiger partial charge is 0.337 e. The molecule has 0 fully saturated rings. The van der Waals surface area contributed by atoms with Crippen LogP contribution < -0.4 is 16.0 Å². The Morgan fingerprint density at radius 2 is 1.84 bits per heavy atom. The molecule has 0 atom stereocenters. The number of rotatable bonds is 5. The summed E-state index contributed by atoms with van der Waals surface area (Å²) >= 11 is 5.40. The van der Waals surface area contributed by atoms with Crippen molar-refractivity contribution in [2.75, 3.05) is 17.7 Å². The molecule has 0 aliphatic rings. The van der Waals surface area contributed by atoms with Crippen LogP contribution >= 0.6 is 12.2 Å². The molecule has 0 bridgehead atoms. The summed E-state index contributed by atoms with van der Waals surface area (Å²) in [6.07, 6.45) is 1.59. The monoisotopic (exact) mass is 438 g/mol. The third kappa shape index (κ3) is 6.61. The van der Waals surface area contributed by atoms with Gasteiger partial charge in [0.1, 0.15) is 12.3 Å². The van der Waals surface area contributed by atoms with Crippen LogP contribution in [0.4, 0.5) is 11.6 Å². The lowest BCUT2D eigenvalue weighted by atomic mass is 10.2. The number of guanidine groups is 1. The van der Waals surface area contributed by atoms with Crippen molar-refractivity contribution in [3.8, 4) is 0 Å². The van der Waals surface area contributed by atoms with E-state index in [0.717, 1.165) is 11.4 Å². The molecule has 0 aliphatic heterocycles. The van der Waals surface area contributed by atoms with Crippen LogP contribution in [0.15, 0.2) is 58.1 Å². The molecule has 9 nitrogen and oxygen atoms in total. The number of hydrogen-bond donors (Lipinski definition) is 3. The SMILES string of the molecule is COC(=O)c1ccc(NC(=S)NC(=NCc2ccco2)Nc2nc(C)cc(C)n2)cc1. The van der Waals surface area contributed by atoms with Crippen molar-refractivity contribution in [1.29, 1.82) is 0 Å². The van der Waals surface area contributed by atoms with E-state index >= 15 is 0 Å². The number of carbonyl (C=O) groups excluding carboxylic acids is 1. The van der Waals surface area contributed by atoms with Crippen LogP contribution in [-0.2, 0) is 11.3 Å². The van der Waals surface area contributed by atoms with Gasteiger partial charge in [-0.3, -0.25) is 5.32 Å². The van der Waals surface area contributed by atoms with Gasteiger partial charge in [-0.15, -0.1) is 0 Å². The fourth-order valence-corrected chi connectivity index (χ4v) is 2.85. The van der Waals surface area contributed by atoms with Crippen LogP contribution in [0.1, 0.15) is 27.5 Å². The number of nitrogens with zero attached hydrogens (tertiary/aromatic N) is 3. The van der Waals surface area contributed by atoms with E-state index in [2.05, 4.69) is 30.9 Å². The summed E-state index contributed by atoms with van der Waals surface area (Å²) in [4.78, 5) is 24.8. The minimum Gasteiger partial charge on any atom is -0.467 e. The number of aryl methyl sites for hydroxylation is 2. The fourth-order valence-electron chi connectivity index (χ4n) is 2.63. The van der Waals surface area contributed by atoms with Crippen LogP contribution in [0.25, 0.3) is 0 Å². The highest BCUT2D eigenvalue weighted by Gasteiger charge is 2.09. The van der Waals surface area contributed by atoms with Crippen LogP contribution in [0.5, 0.6) is 0 Å². The number of nitrogens with one attached hydrogen (secondary N) is 3. The summed E-state index contributed by atoms with van der Waals surface area (Å²) in [5, 5.41) is 9.40. The van der Waals surface area contributed by atoms with E-state index in [1.54, 1.807) is 36.6 Å². The third-order valence-electron chi connectivity index (χ3n) is 3.98. The third-order valence-corrected chi connectivity index (χ3v) is 4.19. The zero-order valence-corrected chi connectivity index (χ0v) is 18.1. The van der Waals surface area contributed by atoms with E-state index in [0.29, 0.717) is 40.6 Å². The molecule has 160 valence electrons. The van der Waals surface area contributed by atoms with E-state index in [1.807, 2.05) is 26.0 Å². The van der Waals surface area contributed by atoms with Crippen molar-refractivity contribution in [1.82, 2.24) is 15.3 Å². The van der Waals surface area contributed by atoms with Crippen LogP contribution in [0.3, 0.4) is 0 Å². The van der Waals surface area contributed by atoms with Gasteiger partial charge in [0.2, 0.25) is 11.9 Å². The van der Waals surface area contributed by atoms with Gasteiger partial charge >= 0.3 is 5.97 Å². The molecule has 2 aromatic heterocycles. The van der Waals surface area contributed by atoms with Crippen LogP contribution in [0.2, 0.25) is 0 Å². The molecule has 3 N–H and O–H groups in total. The summed E-state index contributed by atoms with van der Waals surface area (Å²) in [6.45, 7) is 4.07. The topological polar surface area (TPSA) is 114 Å². The molecule has 0 saturated carbocycles.